The van der Waals surface area contributed by atoms with Gasteiger partial charge in [0.25, 0.3) is 0 Å². The minimum absolute atomic E-state index is 0.0372. The minimum Gasteiger partial charge on any atom is -0.493 e. The predicted molar refractivity (Wildman–Crippen MR) is 110 cm³/mol. The number of carbonyl (C=O) groups is 1. The zero-order valence-corrected chi connectivity index (χ0v) is 17.4. The number of methoxy groups -OCH3 is 2. The largest absolute Gasteiger partial charge is 0.493 e. The Bertz CT molecular complexity index is 939. The van der Waals surface area contributed by atoms with E-state index >= 15 is 0 Å². The summed E-state index contributed by atoms with van der Waals surface area (Å²) in [5.74, 6) is 1.10. The fraction of sp³-hybridized carbons (Fsp3) is 0.381. The van der Waals surface area contributed by atoms with Gasteiger partial charge in [0.15, 0.2) is 11.5 Å². The lowest BCUT2D eigenvalue weighted by molar-refractivity contribution is -0.121. The summed E-state index contributed by atoms with van der Waals surface area (Å²) < 4.78 is 37.3. The summed E-state index contributed by atoms with van der Waals surface area (Å²) in [6.45, 7) is 0.775. The van der Waals surface area contributed by atoms with E-state index in [-0.39, 0.29) is 18.4 Å². The van der Waals surface area contributed by atoms with Gasteiger partial charge in [-0.2, -0.15) is 4.31 Å². The van der Waals surface area contributed by atoms with Crippen molar-refractivity contribution in [3.05, 3.63) is 54.1 Å². The van der Waals surface area contributed by atoms with Crippen LogP contribution in [0.2, 0.25) is 0 Å². The predicted octanol–water partition coefficient (Wildman–Crippen LogP) is 2.22. The number of sulfonamides is 1. The fourth-order valence-electron chi connectivity index (χ4n) is 3.44. The van der Waals surface area contributed by atoms with Crippen molar-refractivity contribution in [2.45, 2.75) is 30.2 Å². The number of piperidine rings is 1. The normalized spacial score (nSPS) is 15.7. The molecular formula is C21H26N2O5S. The Hall–Kier alpha value is -2.58. The SMILES string of the molecule is COc1ccc(CC(=O)NC2CCN(S(=O)(=O)c3ccccc3)CC2)cc1OC. The molecule has 1 aliphatic heterocycles. The van der Waals surface area contributed by atoms with Crippen LogP contribution in [0.5, 0.6) is 11.5 Å². The highest BCUT2D eigenvalue weighted by atomic mass is 32.2. The summed E-state index contributed by atoms with van der Waals surface area (Å²) in [5, 5.41) is 3.01. The van der Waals surface area contributed by atoms with Crippen molar-refractivity contribution in [2.75, 3.05) is 27.3 Å². The van der Waals surface area contributed by atoms with Crippen molar-refractivity contribution < 1.29 is 22.7 Å². The van der Waals surface area contributed by atoms with Gasteiger partial charge in [-0.15, -0.1) is 0 Å². The zero-order chi connectivity index (χ0) is 20.9. The average molecular weight is 419 g/mol. The van der Waals surface area contributed by atoms with E-state index in [0.717, 1.165) is 5.56 Å². The molecule has 1 saturated heterocycles. The lowest BCUT2D eigenvalue weighted by Crippen LogP contribution is -2.46. The van der Waals surface area contributed by atoms with E-state index in [0.29, 0.717) is 42.3 Å². The number of carbonyl (C=O) groups excluding carboxylic acids is 1. The van der Waals surface area contributed by atoms with E-state index in [4.69, 9.17) is 9.47 Å². The summed E-state index contributed by atoms with van der Waals surface area (Å²) in [6.07, 6.45) is 1.40. The van der Waals surface area contributed by atoms with Crippen LogP contribution in [0.25, 0.3) is 0 Å². The van der Waals surface area contributed by atoms with Gasteiger partial charge in [-0.25, -0.2) is 8.42 Å². The summed E-state index contributed by atoms with van der Waals surface area (Å²) in [6, 6.07) is 13.8. The molecule has 0 unspecified atom stereocenters. The standard InChI is InChI=1S/C21H26N2O5S/c1-27-19-9-8-16(14-20(19)28-2)15-21(24)22-17-10-12-23(13-11-17)29(25,26)18-6-4-3-5-7-18/h3-9,14,17H,10-13,15H2,1-2H3,(H,22,24). The lowest BCUT2D eigenvalue weighted by Gasteiger charge is -2.31. The van der Waals surface area contributed by atoms with Crippen molar-refractivity contribution in [3.8, 4) is 11.5 Å². The number of nitrogens with one attached hydrogen (secondary N) is 1. The van der Waals surface area contributed by atoms with E-state index in [9.17, 15) is 13.2 Å². The molecule has 8 heteroatoms. The molecule has 2 aromatic carbocycles. The van der Waals surface area contributed by atoms with Gasteiger partial charge in [0.2, 0.25) is 15.9 Å². The van der Waals surface area contributed by atoms with Crippen molar-refractivity contribution in [3.63, 3.8) is 0 Å². The maximum atomic E-state index is 12.7. The number of benzene rings is 2. The van der Waals surface area contributed by atoms with Crippen LogP contribution in [0.1, 0.15) is 18.4 Å². The number of ether oxygens (including phenoxy) is 2. The number of rotatable bonds is 7. The highest BCUT2D eigenvalue weighted by molar-refractivity contribution is 7.89. The lowest BCUT2D eigenvalue weighted by atomic mass is 10.1. The molecule has 29 heavy (non-hydrogen) atoms. The first-order valence-corrected chi connectivity index (χ1v) is 10.9. The van der Waals surface area contributed by atoms with Gasteiger partial charge in [0.1, 0.15) is 0 Å². The first-order chi connectivity index (χ1) is 13.9. The number of nitrogens with zero attached hydrogens (tertiary/aromatic N) is 1. The Balaban J connectivity index is 1.54. The van der Waals surface area contributed by atoms with Crippen LogP contribution in [0.4, 0.5) is 0 Å². The maximum absolute atomic E-state index is 12.7. The summed E-state index contributed by atoms with van der Waals surface area (Å²) in [4.78, 5) is 12.7. The van der Waals surface area contributed by atoms with Crippen LogP contribution in [0, 0.1) is 0 Å². The zero-order valence-electron chi connectivity index (χ0n) is 16.6. The van der Waals surface area contributed by atoms with Crippen LogP contribution in [0.3, 0.4) is 0 Å². The first-order valence-electron chi connectivity index (χ1n) is 9.49. The van der Waals surface area contributed by atoms with Gasteiger partial charge >= 0.3 is 0 Å². The Morgan fingerprint density at radius 2 is 1.69 bits per heavy atom. The second-order valence-electron chi connectivity index (χ2n) is 6.93. The van der Waals surface area contributed by atoms with E-state index < -0.39 is 10.0 Å². The quantitative estimate of drug-likeness (QED) is 0.745. The highest BCUT2D eigenvalue weighted by Crippen LogP contribution is 2.27. The topological polar surface area (TPSA) is 84.9 Å². The summed E-state index contributed by atoms with van der Waals surface area (Å²) >= 11 is 0. The van der Waals surface area contributed by atoms with E-state index in [1.54, 1.807) is 56.7 Å². The summed E-state index contributed by atoms with van der Waals surface area (Å²) in [5.41, 5.74) is 0.823. The molecular weight excluding hydrogens is 392 g/mol. The third-order valence-corrected chi connectivity index (χ3v) is 6.93. The molecule has 1 amide bonds. The molecule has 7 nitrogen and oxygen atoms in total. The van der Waals surface area contributed by atoms with E-state index in [1.165, 1.54) is 4.31 Å². The van der Waals surface area contributed by atoms with Gasteiger partial charge in [-0.1, -0.05) is 24.3 Å². The van der Waals surface area contributed by atoms with Crippen LogP contribution < -0.4 is 14.8 Å². The van der Waals surface area contributed by atoms with Crippen LogP contribution in [-0.4, -0.2) is 52.0 Å². The number of hydrogen-bond acceptors (Lipinski definition) is 5. The van der Waals surface area contributed by atoms with E-state index in [1.807, 2.05) is 6.07 Å². The van der Waals surface area contributed by atoms with Crippen molar-refractivity contribution in [1.82, 2.24) is 9.62 Å². The van der Waals surface area contributed by atoms with Crippen molar-refractivity contribution in [1.29, 1.82) is 0 Å². The van der Waals surface area contributed by atoms with Crippen LogP contribution in [0.15, 0.2) is 53.4 Å². The summed E-state index contributed by atoms with van der Waals surface area (Å²) in [7, 11) is -0.363. The molecule has 0 spiro atoms. The highest BCUT2D eigenvalue weighted by Gasteiger charge is 2.29. The minimum atomic E-state index is -3.48. The third kappa shape index (κ3) is 5.07. The molecule has 0 saturated carbocycles. The molecule has 1 aliphatic rings. The first kappa shape index (κ1) is 21.1. The maximum Gasteiger partial charge on any atom is 0.243 e. The molecule has 0 atom stereocenters. The van der Waals surface area contributed by atoms with Gasteiger partial charge in [0.05, 0.1) is 25.5 Å². The van der Waals surface area contributed by atoms with Crippen molar-refractivity contribution in [2.24, 2.45) is 0 Å². The Kier molecular flexibility index (Phi) is 6.76. The number of hydrogen-bond donors (Lipinski definition) is 1. The third-order valence-electron chi connectivity index (χ3n) is 5.01. The van der Waals surface area contributed by atoms with E-state index in [2.05, 4.69) is 5.32 Å². The van der Waals surface area contributed by atoms with Gasteiger partial charge < -0.3 is 14.8 Å². The second kappa shape index (κ2) is 9.28. The molecule has 0 aliphatic carbocycles. The molecule has 0 radical (unpaired) electrons. The number of amides is 1. The monoisotopic (exact) mass is 418 g/mol. The molecule has 3 rings (SSSR count). The average Bonchev–Trinajstić information content (AvgIpc) is 2.74. The molecule has 1 fully saturated rings. The van der Waals surface area contributed by atoms with Crippen molar-refractivity contribution >= 4 is 15.9 Å². The molecule has 2 aromatic rings. The fourth-order valence-corrected chi connectivity index (χ4v) is 4.93. The van der Waals surface area contributed by atoms with Gasteiger partial charge in [0, 0.05) is 19.1 Å². The molecule has 0 bridgehead atoms. The second-order valence-corrected chi connectivity index (χ2v) is 8.86. The van der Waals surface area contributed by atoms with Gasteiger partial charge in [-0.3, -0.25) is 4.79 Å². The Labute approximate surface area is 171 Å². The molecule has 156 valence electrons. The molecule has 0 aromatic heterocycles. The Morgan fingerprint density at radius 1 is 1.03 bits per heavy atom. The van der Waals surface area contributed by atoms with Crippen LogP contribution in [-0.2, 0) is 21.2 Å². The Morgan fingerprint density at radius 3 is 2.31 bits per heavy atom. The van der Waals surface area contributed by atoms with Gasteiger partial charge in [-0.05, 0) is 42.7 Å². The molecule has 1 N–H and O–H groups in total. The smallest absolute Gasteiger partial charge is 0.243 e. The van der Waals surface area contributed by atoms with Crippen LogP contribution >= 0.6 is 0 Å². The molecule has 1 heterocycles.